The molecule has 1 amide bonds. The van der Waals surface area contributed by atoms with Crippen molar-refractivity contribution >= 4 is 57.1 Å². The van der Waals surface area contributed by atoms with Crippen LogP contribution in [-0.4, -0.2) is 20.0 Å². The molecule has 7 nitrogen and oxygen atoms in total. The number of benzene rings is 1. The number of fused-ring (bicyclic) bond motifs is 1. The fourth-order valence-electron chi connectivity index (χ4n) is 2.89. The van der Waals surface area contributed by atoms with Crippen LogP contribution in [-0.2, 0) is 17.9 Å². The van der Waals surface area contributed by atoms with E-state index in [9.17, 15) is 9.59 Å². The smallest absolute Gasteiger partial charge is 0.273 e. The Kier molecular flexibility index (Phi) is 5.35. The summed E-state index contributed by atoms with van der Waals surface area (Å²) >= 11 is 12.4. The highest BCUT2D eigenvalue weighted by atomic mass is 35.5. The monoisotopic (exact) mass is 446 g/mol. The highest BCUT2D eigenvalue weighted by molar-refractivity contribution is 7.73. The maximum absolute atomic E-state index is 13.0. The average Bonchev–Trinajstić information content (AvgIpc) is 3.30. The SMILES string of the molecule is Cc1nc2c(sc(=S)n2Cc2ccco2)c(=O)n1CC(=O)Nc1ccc(Cl)cc1. The summed E-state index contributed by atoms with van der Waals surface area (Å²) in [6.45, 7) is 1.92. The number of hydrogen-bond donors (Lipinski definition) is 1. The molecule has 1 N–H and O–H groups in total. The molecule has 3 aromatic heterocycles. The van der Waals surface area contributed by atoms with E-state index in [1.807, 2.05) is 6.07 Å². The first kappa shape index (κ1) is 19.6. The Morgan fingerprint density at radius 3 is 2.72 bits per heavy atom. The highest BCUT2D eigenvalue weighted by Gasteiger charge is 2.17. The van der Waals surface area contributed by atoms with Crippen LogP contribution in [0.4, 0.5) is 5.69 Å². The molecule has 0 bridgehead atoms. The van der Waals surface area contributed by atoms with Gasteiger partial charge in [-0.1, -0.05) is 22.9 Å². The van der Waals surface area contributed by atoms with E-state index in [0.717, 1.165) is 0 Å². The van der Waals surface area contributed by atoms with E-state index in [0.29, 0.717) is 43.1 Å². The van der Waals surface area contributed by atoms with Crippen molar-refractivity contribution < 1.29 is 9.21 Å². The van der Waals surface area contributed by atoms with Crippen LogP contribution in [0.25, 0.3) is 10.3 Å². The van der Waals surface area contributed by atoms with Gasteiger partial charge in [0, 0.05) is 10.7 Å². The number of aryl methyl sites for hydroxylation is 1. The van der Waals surface area contributed by atoms with E-state index in [4.69, 9.17) is 28.2 Å². The van der Waals surface area contributed by atoms with E-state index in [1.54, 1.807) is 48.1 Å². The molecule has 0 aliphatic rings. The normalized spacial score (nSPS) is 11.1. The molecule has 0 fully saturated rings. The third-order valence-corrected chi connectivity index (χ3v) is 5.97. The number of anilines is 1. The Morgan fingerprint density at radius 1 is 1.28 bits per heavy atom. The number of hydrogen-bond acceptors (Lipinski definition) is 6. The first-order valence-corrected chi connectivity index (χ1v) is 10.2. The standard InChI is InChI=1S/C19H15ClN4O3S2/c1-11-21-17-16(29-19(28)24(17)9-14-3-2-8-27-14)18(26)23(11)10-15(25)22-13-6-4-12(20)5-7-13/h2-8H,9-10H2,1H3,(H,22,25). The molecule has 0 spiro atoms. The number of nitrogens with zero attached hydrogens (tertiary/aromatic N) is 3. The quantitative estimate of drug-likeness (QED) is 0.464. The van der Waals surface area contributed by atoms with Crippen LogP contribution >= 0.6 is 35.2 Å². The Balaban J connectivity index is 1.65. The molecule has 0 aliphatic carbocycles. The zero-order chi connectivity index (χ0) is 20.5. The zero-order valence-corrected chi connectivity index (χ0v) is 17.6. The van der Waals surface area contributed by atoms with E-state index in [2.05, 4.69) is 10.3 Å². The van der Waals surface area contributed by atoms with Gasteiger partial charge in [-0.25, -0.2) is 4.98 Å². The van der Waals surface area contributed by atoms with E-state index in [-0.39, 0.29) is 18.0 Å². The lowest BCUT2D eigenvalue weighted by atomic mass is 10.3. The molecule has 0 saturated carbocycles. The number of amides is 1. The fourth-order valence-corrected chi connectivity index (χ4v) is 4.30. The minimum absolute atomic E-state index is 0.154. The van der Waals surface area contributed by atoms with Gasteiger partial charge in [-0.05, 0) is 55.5 Å². The summed E-state index contributed by atoms with van der Waals surface area (Å²) in [7, 11) is 0. The van der Waals surface area contributed by atoms with Gasteiger partial charge >= 0.3 is 0 Å². The molecular formula is C19H15ClN4O3S2. The van der Waals surface area contributed by atoms with Gasteiger partial charge in [0.15, 0.2) is 9.60 Å². The van der Waals surface area contributed by atoms with Crippen LogP contribution < -0.4 is 10.9 Å². The maximum Gasteiger partial charge on any atom is 0.273 e. The maximum atomic E-state index is 13.0. The molecule has 1 aromatic carbocycles. The lowest BCUT2D eigenvalue weighted by molar-refractivity contribution is -0.116. The van der Waals surface area contributed by atoms with Crippen molar-refractivity contribution in [2.45, 2.75) is 20.0 Å². The van der Waals surface area contributed by atoms with Gasteiger partial charge in [-0.2, -0.15) is 0 Å². The summed E-state index contributed by atoms with van der Waals surface area (Å²) < 4.78 is 9.41. The molecular weight excluding hydrogens is 432 g/mol. The second-order valence-electron chi connectivity index (χ2n) is 6.29. The minimum Gasteiger partial charge on any atom is -0.467 e. The number of aromatic nitrogens is 3. The third kappa shape index (κ3) is 4.02. The van der Waals surface area contributed by atoms with E-state index in [1.165, 1.54) is 15.9 Å². The van der Waals surface area contributed by atoms with Crippen molar-refractivity contribution in [2.75, 3.05) is 5.32 Å². The Hall–Kier alpha value is -2.75. The first-order valence-electron chi connectivity index (χ1n) is 8.61. The number of carbonyl (C=O) groups is 1. The van der Waals surface area contributed by atoms with Crippen molar-refractivity contribution in [1.29, 1.82) is 0 Å². The summed E-state index contributed by atoms with van der Waals surface area (Å²) in [6, 6.07) is 10.4. The van der Waals surface area contributed by atoms with Gasteiger partial charge in [0.05, 0.1) is 12.8 Å². The fraction of sp³-hybridized carbons (Fsp3) is 0.158. The molecule has 4 aromatic rings. The number of rotatable bonds is 5. The summed E-state index contributed by atoms with van der Waals surface area (Å²) in [4.78, 5) is 30.0. The molecule has 0 radical (unpaired) electrons. The molecule has 4 rings (SSSR count). The second-order valence-corrected chi connectivity index (χ2v) is 8.37. The van der Waals surface area contributed by atoms with Gasteiger partial charge < -0.3 is 9.73 Å². The lowest BCUT2D eigenvalue weighted by Crippen LogP contribution is -2.30. The van der Waals surface area contributed by atoms with Crippen molar-refractivity contribution in [3.05, 3.63) is 73.6 Å². The van der Waals surface area contributed by atoms with E-state index < -0.39 is 0 Å². The number of carbonyl (C=O) groups excluding carboxylic acids is 1. The molecule has 10 heteroatoms. The predicted octanol–water partition coefficient (Wildman–Crippen LogP) is 4.23. The average molecular weight is 447 g/mol. The van der Waals surface area contributed by atoms with Crippen molar-refractivity contribution in [3.8, 4) is 0 Å². The summed E-state index contributed by atoms with van der Waals surface area (Å²) in [5.74, 6) is 0.804. The largest absolute Gasteiger partial charge is 0.467 e. The number of thiazole rings is 1. The zero-order valence-electron chi connectivity index (χ0n) is 15.2. The van der Waals surface area contributed by atoms with Crippen molar-refractivity contribution in [1.82, 2.24) is 14.1 Å². The molecule has 3 heterocycles. The minimum atomic E-state index is -0.336. The number of halogens is 1. The van der Waals surface area contributed by atoms with Gasteiger partial charge in [0.2, 0.25) is 5.91 Å². The third-order valence-electron chi connectivity index (χ3n) is 4.29. The van der Waals surface area contributed by atoms with Gasteiger partial charge in [0.1, 0.15) is 22.8 Å². The van der Waals surface area contributed by atoms with Crippen LogP contribution in [0.15, 0.2) is 51.9 Å². The van der Waals surface area contributed by atoms with Crippen LogP contribution in [0.2, 0.25) is 5.02 Å². The van der Waals surface area contributed by atoms with Crippen molar-refractivity contribution in [3.63, 3.8) is 0 Å². The summed E-state index contributed by atoms with van der Waals surface area (Å²) in [5.41, 5.74) is 0.792. The van der Waals surface area contributed by atoms with Gasteiger partial charge in [-0.3, -0.25) is 18.7 Å². The van der Waals surface area contributed by atoms with Crippen molar-refractivity contribution in [2.24, 2.45) is 0 Å². The van der Waals surface area contributed by atoms with Gasteiger partial charge in [-0.15, -0.1) is 0 Å². The van der Waals surface area contributed by atoms with Gasteiger partial charge in [0.25, 0.3) is 5.56 Å². The van der Waals surface area contributed by atoms with Crippen LogP contribution in [0.3, 0.4) is 0 Å². The molecule has 0 saturated heterocycles. The Bertz CT molecular complexity index is 1300. The summed E-state index contributed by atoms with van der Waals surface area (Å²) in [6.07, 6.45) is 1.58. The second kappa shape index (κ2) is 7.94. The number of furan rings is 1. The molecule has 148 valence electrons. The Morgan fingerprint density at radius 2 is 2.03 bits per heavy atom. The predicted molar refractivity (Wildman–Crippen MR) is 115 cm³/mol. The van der Waals surface area contributed by atoms with E-state index >= 15 is 0 Å². The molecule has 29 heavy (non-hydrogen) atoms. The van der Waals surface area contributed by atoms with Crippen LogP contribution in [0.1, 0.15) is 11.6 Å². The summed E-state index contributed by atoms with van der Waals surface area (Å²) in [5, 5.41) is 3.32. The van der Waals surface area contributed by atoms with Crippen LogP contribution in [0, 0.1) is 10.9 Å². The molecule has 0 unspecified atom stereocenters. The highest BCUT2D eigenvalue weighted by Crippen LogP contribution is 2.20. The molecule has 0 atom stereocenters. The number of nitrogens with one attached hydrogen (secondary N) is 1. The topological polar surface area (TPSA) is 82.1 Å². The molecule has 0 aliphatic heterocycles. The first-order chi connectivity index (χ1) is 13.9. The lowest BCUT2D eigenvalue weighted by Gasteiger charge is -2.11. The van der Waals surface area contributed by atoms with Crippen LogP contribution in [0.5, 0.6) is 0 Å². The Labute approximate surface area is 179 Å².